The Bertz CT molecular complexity index is 712. The maximum absolute atomic E-state index is 12.0. The first-order valence-corrected chi connectivity index (χ1v) is 8.15. The van der Waals surface area contributed by atoms with Crippen LogP contribution in [-0.4, -0.2) is 51.2 Å². The highest BCUT2D eigenvalue weighted by Crippen LogP contribution is 2.24. The molecule has 1 amide bonds. The summed E-state index contributed by atoms with van der Waals surface area (Å²) in [6.45, 7) is 2.09. The summed E-state index contributed by atoms with van der Waals surface area (Å²) in [5.74, 6) is -0.0588. The third-order valence-electron chi connectivity index (χ3n) is 4.33. The van der Waals surface area contributed by atoms with Gasteiger partial charge in [0.05, 0.1) is 24.9 Å². The molecule has 24 heavy (non-hydrogen) atoms. The van der Waals surface area contributed by atoms with Gasteiger partial charge in [-0.15, -0.1) is 5.10 Å². The minimum Gasteiger partial charge on any atom is -0.368 e. The van der Waals surface area contributed by atoms with Crippen LogP contribution in [0.4, 0.5) is 0 Å². The second kappa shape index (κ2) is 6.66. The van der Waals surface area contributed by atoms with E-state index in [1.165, 1.54) is 0 Å². The maximum atomic E-state index is 12.0. The maximum Gasteiger partial charge on any atom is 0.249 e. The number of hydrogen-bond donors (Lipinski definition) is 1. The van der Waals surface area contributed by atoms with Crippen LogP contribution in [0.3, 0.4) is 0 Å². The highest BCUT2D eigenvalue weighted by molar-refractivity contribution is 5.80. The van der Waals surface area contributed by atoms with Crippen LogP contribution in [0, 0.1) is 0 Å². The third-order valence-corrected chi connectivity index (χ3v) is 4.33. The van der Waals surface area contributed by atoms with Crippen molar-refractivity contribution in [2.24, 2.45) is 0 Å². The molecular formula is C16H19N5O3. The average Bonchev–Trinajstić information content (AvgIpc) is 3.30. The van der Waals surface area contributed by atoms with Crippen LogP contribution in [0.5, 0.6) is 0 Å². The lowest BCUT2D eigenvalue weighted by Gasteiger charge is -2.24. The molecule has 2 aromatic heterocycles. The van der Waals surface area contributed by atoms with Gasteiger partial charge in [-0.2, -0.15) is 0 Å². The van der Waals surface area contributed by atoms with Crippen molar-refractivity contribution in [3.05, 3.63) is 30.2 Å². The quantitative estimate of drug-likeness (QED) is 0.880. The summed E-state index contributed by atoms with van der Waals surface area (Å²) in [5, 5.41) is 11.4. The molecule has 0 spiro atoms. The Kier molecular flexibility index (Phi) is 4.22. The number of hydrogen-bond acceptors (Lipinski definition) is 6. The molecule has 1 fully saturated rings. The molecule has 4 heterocycles. The van der Waals surface area contributed by atoms with Gasteiger partial charge in [0.1, 0.15) is 11.8 Å². The minimum absolute atomic E-state index is 0.0588. The molecular weight excluding hydrogens is 310 g/mol. The molecule has 0 radical (unpaired) electrons. The number of fused-ring (bicyclic) bond motifs is 1. The van der Waals surface area contributed by atoms with Gasteiger partial charge < -0.3 is 14.8 Å². The monoisotopic (exact) mass is 329 g/mol. The predicted octanol–water partition coefficient (Wildman–Crippen LogP) is 0.534. The first-order chi connectivity index (χ1) is 11.8. The Labute approximate surface area is 139 Å². The molecule has 1 N–H and O–H groups in total. The Morgan fingerprint density at radius 3 is 3.17 bits per heavy atom. The Hall–Kier alpha value is -2.32. The van der Waals surface area contributed by atoms with Crippen LogP contribution < -0.4 is 5.32 Å². The lowest BCUT2D eigenvalue weighted by molar-refractivity contribution is -0.131. The fourth-order valence-corrected chi connectivity index (χ4v) is 3.03. The number of nitrogens with one attached hydrogen (secondary N) is 1. The summed E-state index contributed by atoms with van der Waals surface area (Å²) in [6.07, 6.45) is 4.79. The van der Waals surface area contributed by atoms with Crippen molar-refractivity contribution in [1.29, 1.82) is 0 Å². The van der Waals surface area contributed by atoms with Crippen molar-refractivity contribution < 1.29 is 14.3 Å². The highest BCUT2D eigenvalue weighted by atomic mass is 16.5. The minimum atomic E-state index is -0.312. The van der Waals surface area contributed by atoms with Crippen molar-refractivity contribution in [1.82, 2.24) is 25.3 Å². The van der Waals surface area contributed by atoms with E-state index in [2.05, 4.69) is 20.6 Å². The van der Waals surface area contributed by atoms with E-state index < -0.39 is 0 Å². The van der Waals surface area contributed by atoms with Gasteiger partial charge in [-0.25, -0.2) is 4.68 Å². The number of carbonyl (C=O) groups is 1. The summed E-state index contributed by atoms with van der Waals surface area (Å²) in [6, 6.07) is 3.82. The van der Waals surface area contributed by atoms with Crippen molar-refractivity contribution in [2.45, 2.75) is 38.2 Å². The summed E-state index contributed by atoms with van der Waals surface area (Å²) >= 11 is 0. The van der Waals surface area contributed by atoms with Crippen molar-refractivity contribution in [2.75, 3.05) is 13.2 Å². The molecule has 0 saturated carbocycles. The molecule has 0 aromatic carbocycles. The van der Waals surface area contributed by atoms with E-state index in [0.29, 0.717) is 26.3 Å². The molecule has 4 rings (SSSR count). The number of carbonyl (C=O) groups excluding carboxylic acids is 1. The van der Waals surface area contributed by atoms with Gasteiger partial charge in [0.15, 0.2) is 0 Å². The van der Waals surface area contributed by atoms with E-state index in [4.69, 9.17) is 9.47 Å². The van der Waals surface area contributed by atoms with Crippen LogP contribution in [0.15, 0.2) is 24.5 Å². The summed E-state index contributed by atoms with van der Waals surface area (Å²) in [7, 11) is 0. The van der Waals surface area contributed by atoms with Gasteiger partial charge >= 0.3 is 0 Å². The van der Waals surface area contributed by atoms with Crippen LogP contribution in [0.1, 0.15) is 18.5 Å². The Morgan fingerprint density at radius 1 is 1.42 bits per heavy atom. The Balaban J connectivity index is 1.38. The summed E-state index contributed by atoms with van der Waals surface area (Å²) < 4.78 is 13.1. The van der Waals surface area contributed by atoms with E-state index in [9.17, 15) is 4.79 Å². The van der Waals surface area contributed by atoms with E-state index in [0.717, 1.165) is 29.8 Å². The first kappa shape index (κ1) is 15.2. The van der Waals surface area contributed by atoms with E-state index in [1.54, 1.807) is 12.4 Å². The molecule has 0 aliphatic carbocycles. The largest absolute Gasteiger partial charge is 0.368 e. The summed E-state index contributed by atoms with van der Waals surface area (Å²) in [4.78, 5) is 16.1. The molecule has 2 aromatic rings. The van der Waals surface area contributed by atoms with Crippen molar-refractivity contribution in [3.8, 4) is 11.3 Å². The van der Waals surface area contributed by atoms with E-state index in [-0.39, 0.29) is 18.1 Å². The molecule has 2 atom stereocenters. The van der Waals surface area contributed by atoms with Crippen molar-refractivity contribution in [3.63, 3.8) is 0 Å². The zero-order valence-corrected chi connectivity index (χ0v) is 13.2. The van der Waals surface area contributed by atoms with Crippen molar-refractivity contribution >= 4 is 5.91 Å². The van der Waals surface area contributed by atoms with E-state index >= 15 is 0 Å². The number of pyridine rings is 1. The van der Waals surface area contributed by atoms with E-state index in [1.807, 2.05) is 16.8 Å². The highest BCUT2D eigenvalue weighted by Gasteiger charge is 2.27. The second-order valence-corrected chi connectivity index (χ2v) is 5.99. The number of nitrogens with zero attached hydrogens (tertiary/aromatic N) is 4. The van der Waals surface area contributed by atoms with Crippen LogP contribution in [0.2, 0.25) is 0 Å². The normalized spacial score (nSPS) is 23.0. The van der Waals surface area contributed by atoms with Gasteiger partial charge in [0, 0.05) is 31.1 Å². The fourth-order valence-electron chi connectivity index (χ4n) is 3.03. The molecule has 8 heteroatoms. The molecule has 1 unspecified atom stereocenters. The van der Waals surface area contributed by atoms with Gasteiger partial charge in [-0.3, -0.25) is 9.78 Å². The zero-order valence-electron chi connectivity index (χ0n) is 13.2. The molecule has 8 nitrogen and oxygen atoms in total. The average molecular weight is 329 g/mol. The molecule has 2 aliphatic heterocycles. The van der Waals surface area contributed by atoms with Crippen LogP contribution in [0.25, 0.3) is 11.3 Å². The summed E-state index contributed by atoms with van der Waals surface area (Å²) in [5.41, 5.74) is 2.65. The molecule has 0 bridgehead atoms. The predicted molar refractivity (Wildman–Crippen MR) is 83.8 cm³/mol. The van der Waals surface area contributed by atoms with Gasteiger partial charge in [0.25, 0.3) is 0 Å². The van der Waals surface area contributed by atoms with Crippen LogP contribution in [-0.2, 0) is 27.4 Å². The second-order valence-electron chi connectivity index (χ2n) is 5.99. The molecule has 2 aliphatic rings. The number of amides is 1. The molecule has 1 saturated heterocycles. The smallest absolute Gasteiger partial charge is 0.249 e. The van der Waals surface area contributed by atoms with Gasteiger partial charge in [-0.05, 0) is 25.0 Å². The zero-order chi connectivity index (χ0) is 16.4. The van der Waals surface area contributed by atoms with Gasteiger partial charge in [-0.1, -0.05) is 5.21 Å². The lowest BCUT2D eigenvalue weighted by atomic mass is 10.1. The fraction of sp³-hybridized carbons (Fsp3) is 0.500. The van der Waals surface area contributed by atoms with Gasteiger partial charge in [0.2, 0.25) is 5.91 Å². The number of rotatable bonds is 4. The number of aromatic nitrogens is 4. The van der Waals surface area contributed by atoms with Crippen LogP contribution >= 0.6 is 0 Å². The lowest BCUT2D eigenvalue weighted by Crippen LogP contribution is -2.42. The topological polar surface area (TPSA) is 91.2 Å². The third kappa shape index (κ3) is 3.02. The number of ether oxygens (including phenoxy) is 2. The first-order valence-electron chi connectivity index (χ1n) is 8.15. The standard InChI is InChI=1S/C16H19N5O3/c22-16(14-4-2-6-23-14)18-8-12-9-21-13(10-24-12)15(19-20-21)11-3-1-5-17-7-11/h1,3,5,7,12,14H,2,4,6,8-10H2,(H,18,22)/t12?,14-/m0/s1. The SMILES string of the molecule is O=C(NCC1Cn2nnc(-c3cccnc3)c2CO1)[C@@H]1CCCO1. The molecule has 126 valence electrons. The Morgan fingerprint density at radius 2 is 2.38 bits per heavy atom.